The number of para-hydroxylation sites is 1. The van der Waals surface area contributed by atoms with E-state index in [-0.39, 0.29) is 0 Å². The lowest BCUT2D eigenvalue weighted by Crippen LogP contribution is -1.95. The lowest BCUT2D eigenvalue weighted by Gasteiger charge is -2.17. The minimum absolute atomic E-state index is 0.711. The van der Waals surface area contributed by atoms with Gasteiger partial charge in [-0.3, -0.25) is 0 Å². The van der Waals surface area contributed by atoms with E-state index in [4.69, 9.17) is 15.0 Å². The Hall–Kier alpha value is -7.49. The molecule has 0 saturated carbocycles. The van der Waals surface area contributed by atoms with Crippen molar-refractivity contribution in [2.24, 2.45) is 0 Å². The summed E-state index contributed by atoms with van der Waals surface area (Å²) in [5.74, 6) is 0.711. The Bertz CT molecular complexity index is 2940. The van der Waals surface area contributed by atoms with Crippen molar-refractivity contribution >= 4 is 21.7 Å². The summed E-state index contributed by atoms with van der Waals surface area (Å²) in [5, 5.41) is 3.48. The minimum Gasteiger partial charge on any atom is -0.247 e. The molecule has 0 radical (unpaired) electrons. The molecule has 0 atom stereocenters. The van der Waals surface area contributed by atoms with Crippen molar-refractivity contribution in [1.29, 1.82) is 0 Å². The second kappa shape index (κ2) is 14.4. The molecule has 0 fully saturated rings. The molecule has 0 saturated heterocycles. The van der Waals surface area contributed by atoms with Crippen LogP contribution in [0.25, 0.3) is 100 Å². The molecule has 262 valence electrons. The maximum Gasteiger partial charge on any atom is 0.160 e. The fraction of sp³-hybridized carbons (Fsp3) is 0. The van der Waals surface area contributed by atoms with Gasteiger partial charge >= 0.3 is 0 Å². The molecule has 10 aromatic rings. The lowest BCUT2D eigenvalue weighted by atomic mass is 9.90. The normalized spacial score (nSPS) is 11.2. The molecule has 10 rings (SSSR count). The van der Waals surface area contributed by atoms with Gasteiger partial charge in [-0.15, -0.1) is 0 Å². The summed E-state index contributed by atoms with van der Waals surface area (Å²) in [6.45, 7) is 0. The van der Waals surface area contributed by atoms with Gasteiger partial charge in [0.1, 0.15) is 0 Å². The van der Waals surface area contributed by atoms with Crippen LogP contribution in [0.2, 0.25) is 0 Å². The summed E-state index contributed by atoms with van der Waals surface area (Å²) in [6, 6.07) is 74.5. The number of aromatic nitrogens is 3. The fourth-order valence-electron chi connectivity index (χ4n) is 7.78. The molecule has 0 N–H and O–H groups in total. The second-order valence-electron chi connectivity index (χ2n) is 14.0. The predicted molar refractivity (Wildman–Crippen MR) is 233 cm³/mol. The highest BCUT2D eigenvalue weighted by atomic mass is 14.9. The van der Waals surface area contributed by atoms with Crippen molar-refractivity contribution in [3.8, 4) is 78.5 Å². The first kappa shape index (κ1) is 33.1. The van der Waals surface area contributed by atoms with Crippen molar-refractivity contribution in [3.05, 3.63) is 212 Å². The van der Waals surface area contributed by atoms with Crippen LogP contribution in [0.4, 0.5) is 0 Å². The molecule has 0 amide bonds. The Kier molecular flexibility index (Phi) is 8.51. The zero-order valence-corrected chi connectivity index (χ0v) is 30.5. The molecule has 56 heavy (non-hydrogen) atoms. The molecule has 0 aliphatic heterocycles. The number of hydrogen-bond acceptors (Lipinski definition) is 3. The van der Waals surface area contributed by atoms with Gasteiger partial charge in [-0.2, -0.15) is 0 Å². The summed E-state index contributed by atoms with van der Waals surface area (Å²) >= 11 is 0. The van der Waals surface area contributed by atoms with Crippen LogP contribution in [0.15, 0.2) is 212 Å². The average Bonchev–Trinajstić information content (AvgIpc) is 3.29. The number of benzene rings is 8. The van der Waals surface area contributed by atoms with Crippen molar-refractivity contribution in [2.75, 3.05) is 0 Å². The van der Waals surface area contributed by atoms with Crippen molar-refractivity contribution in [2.45, 2.75) is 0 Å². The van der Waals surface area contributed by atoms with E-state index >= 15 is 0 Å². The van der Waals surface area contributed by atoms with E-state index in [9.17, 15) is 0 Å². The average molecular weight is 714 g/mol. The van der Waals surface area contributed by atoms with Crippen LogP contribution in [0.1, 0.15) is 0 Å². The molecule has 2 heterocycles. The molecule has 0 aliphatic rings. The van der Waals surface area contributed by atoms with Crippen LogP contribution in [-0.4, -0.2) is 15.0 Å². The maximum absolute atomic E-state index is 5.33. The molecular formula is C53H35N3. The van der Waals surface area contributed by atoms with Crippen LogP contribution >= 0.6 is 0 Å². The standard InChI is InChI=1S/C53H35N3/c1-4-16-37(17-5-1)43-24-10-11-25-45(43)52-47-28-15-27-44(51(47)46-26-12-13-29-48(46)54-52)42-23-14-22-41(34-42)36-30-32-39(33-31-36)50-35-49(38-18-6-2-7-19-38)55-53(56-50)40-20-8-3-9-21-40/h1-35H. The van der Waals surface area contributed by atoms with Crippen LogP contribution in [0.3, 0.4) is 0 Å². The smallest absolute Gasteiger partial charge is 0.160 e. The summed E-state index contributed by atoms with van der Waals surface area (Å²) in [5.41, 5.74) is 14.9. The van der Waals surface area contributed by atoms with Gasteiger partial charge in [0, 0.05) is 38.4 Å². The number of rotatable bonds is 7. The number of hydrogen-bond donors (Lipinski definition) is 0. The Morgan fingerprint density at radius 2 is 0.768 bits per heavy atom. The third-order valence-electron chi connectivity index (χ3n) is 10.5. The van der Waals surface area contributed by atoms with Gasteiger partial charge in [0.05, 0.1) is 22.6 Å². The van der Waals surface area contributed by atoms with E-state index in [1.54, 1.807) is 0 Å². The molecule has 2 aromatic heterocycles. The van der Waals surface area contributed by atoms with Crippen LogP contribution in [0, 0.1) is 0 Å². The van der Waals surface area contributed by atoms with Gasteiger partial charge in [-0.25, -0.2) is 15.0 Å². The van der Waals surface area contributed by atoms with Crippen molar-refractivity contribution in [1.82, 2.24) is 15.0 Å². The SMILES string of the molecule is c1ccc(-c2cc(-c3ccc(-c4cccc(-c5cccc6c(-c7ccccc7-c7ccccc7)nc7ccccc7c56)c4)cc3)nc(-c3ccccc3)n2)cc1. The molecule has 0 bridgehead atoms. The van der Waals surface area contributed by atoms with Gasteiger partial charge in [-0.05, 0) is 51.6 Å². The predicted octanol–water partition coefficient (Wildman–Crippen LogP) is 13.8. The monoisotopic (exact) mass is 713 g/mol. The molecular weight excluding hydrogens is 679 g/mol. The second-order valence-corrected chi connectivity index (χ2v) is 14.0. The Morgan fingerprint density at radius 1 is 0.268 bits per heavy atom. The third kappa shape index (κ3) is 6.21. The summed E-state index contributed by atoms with van der Waals surface area (Å²) in [4.78, 5) is 15.3. The zero-order chi connectivity index (χ0) is 37.3. The first-order chi connectivity index (χ1) is 27.8. The maximum atomic E-state index is 5.33. The number of pyridine rings is 1. The van der Waals surface area contributed by atoms with Gasteiger partial charge in [0.2, 0.25) is 0 Å². The fourth-order valence-corrected chi connectivity index (χ4v) is 7.78. The summed E-state index contributed by atoms with van der Waals surface area (Å²) in [7, 11) is 0. The summed E-state index contributed by atoms with van der Waals surface area (Å²) < 4.78 is 0. The first-order valence-corrected chi connectivity index (χ1v) is 18.9. The quantitative estimate of drug-likeness (QED) is 0.154. The topological polar surface area (TPSA) is 38.7 Å². The van der Waals surface area contributed by atoms with E-state index < -0.39 is 0 Å². The molecule has 3 nitrogen and oxygen atoms in total. The van der Waals surface area contributed by atoms with Crippen LogP contribution in [-0.2, 0) is 0 Å². The van der Waals surface area contributed by atoms with Crippen LogP contribution < -0.4 is 0 Å². The van der Waals surface area contributed by atoms with Gasteiger partial charge < -0.3 is 0 Å². The number of nitrogens with zero attached hydrogens (tertiary/aromatic N) is 3. The molecule has 0 unspecified atom stereocenters. The highest BCUT2D eigenvalue weighted by Gasteiger charge is 2.18. The van der Waals surface area contributed by atoms with Crippen LogP contribution in [0.5, 0.6) is 0 Å². The Morgan fingerprint density at radius 3 is 1.50 bits per heavy atom. The van der Waals surface area contributed by atoms with E-state index in [0.717, 1.165) is 72.3 Å². The van der Waals surface area contributed by atoms with E-state index in [2.05, 4.69) is 176 Å². The minimum atomic E-state index is 0.711. The van der Waals surface area contributed by atoms with E-state index in [0.29, 0.717) is 5.82 Å². The third-order valence-corrected chi connectivity index (χ3v) is 10.5. The highest BCUT2D eigenvalue weighted by molar-refractivity contribution is 6.17. The molecule has 0 aliphatic carbocycles. The Labute approximate surface area is 326 Å². The van der Waals surface area contributed by atoms with E-state index in [1.165, 1.54) is 22.1 Å². The van der Waals surface area contributed by atoms with E-state index in [1.807, 2.05) is 36.4 Å². The molecule has 0 spiro atoms. The van der Waals surface area contributed by atoms with Crippen molar-refractivity contribution in [3.63, 3.8) is 0 Å². The largest absolute Gasteiger partial charge is 0.247 e. The lowest BCUT2D eigenvalue weighted by molar-refractivity contribution is 1.18. The molecule has 3 heteroatoms. The summed E-state index contributed by atoms with van der Waals surface area (Å²) in [6.07, 6.45) is 0. The number of fused-ring (bicyclic) bond motifs is 3. The van der Waals surface area contributed by atoms with Gasteiger partial charge in [0.25, 0.3) is 0 Å². The van der Waals surface area contributed by atoms with Gasteiger partial charge in [-0.1, -0.05) is 194 Å². The zero-order valence-electron chi connectivity index (χ0n) is 30.5. The molecule has 8 aromatic carbocycles. The van der Waals surface area contributed by atoms with Crippen molar-refractivity contribution < 1.29 is 0 Å². The van der Waals surface area contributed by atoms with Gasteiger partial charge in [0.15, 0.2) is 5.82 Å². The Balaban J connectivity index is 1.06. The first-order valence-electron chi connectivity index (χ1n) is 18.9. The highest BCUT2D eigenvalue weighted by Crippen LogP contribution is 2.42.